The van der Waals surface area contributed by atoms with Gasteiger partial charge in [0.1, 0.15) is 5.75 Å². The van der Waals surface area contributed by atoms with Gasteiger partial charge in [-0.2, -0.15) is 4.31 Å². The van der Waals surface area contributed by atoms with Gasteiger partial charge in [0.2, 0.25) is 0 Å². The molecule has 0 fully saturated rings. The van der Waals surface area contributed by atoms with Gasteiger partial charge in [-0.05, 0) is 61.5 Å². The monoisotopic (exact) mass is 449 g/mol. The number of methoxy groups -OCH3 is 1. The Morgan fingerprint density at radius 3 is 2.10 bits per heavy atom. The number of aryl methyl sites for hydroxylation is 1. The summed E-state index contributed by atoms with van der Waals surface area (Å²) in [5, 5.41) is 0.393. The lowest BCUT2D eigenvalue weighted by molar-refractivity contribution is 0.101. The average molecular weight is 450 g/mol. The molecule has 0 aliphatic rings. The van der Waals surface area contributed by atoms with Crippen molar-refractivity contribution >= 4 is 44.8 Å². The number of carbonyl (C=O) groups excluding carboxylic acids is 1. The fourth-order valence-electron chi connectivity index (χ4n) is 2.67. The highest BCUT2D eigenvalue weighted by atomic mass is 35.5. The Hall–Kier alpha value is -2.54. The van der Waals surface area contributed by atoms with E-state index in [1.54, 1.807) is 24.3 Å². The fourth-order valence-corrected chi connectivity index (χ4v) is 4.57. The van der Waals surface area contributed by atoms with Crippen LogP contribution < -0.4 is 9.04 Å². The summed E-state index contributed by atoms with van der Waals surface area (Å²) >= 11 is 12.1. The van der Waals surface area contributed by atoms with Gasteiger partial charge in [-0.3, -0.25) is 4.79 Å². The van der Waals surface area contributed by atoms with E-state index in [4.69, 9.17) is 27.9 Å². The van der Waals surface area contributed by atoms with E-state index >= 15 is 0 Å². The smallest absolute Gasteiger partial charge is 0.273 e. The Morgan fingerprint density at radius 2 is 1.55 bits per heavy atom. The lowest BCUT2D eigenvalue weighted by atomic mass is 10.2. The normalized spacial score (nSPS) is 11.2. The summed E-state index contributed by atoms with van der Waals surface area (Å²) in [4.78, 5) is 13.3. The molecule has 3 aromatic rings. The van der Waals surface area contributed by atoms with Crippen molar-refractivity contribution in [3.05, 3.63) is 87.9 Å². The number of hydrogen-bond acceptors (Lipinski definition) is 4. The third-order valence-electron chi connectivity index (χ3n) is 4.21. The lowest BCUT2D eigenvalue weighted by Gasteiger charge is -2.23. The van der Waals surface area contributed by atoms with Gasteiger partial charge in [-0.25, -0.2) is 8.42 Å². The topological polar surface area (TPSA) is 63.7 Å². The molecule has 0 radical (unpaired) electrons. The van der Waals surface area contributed by atoms with Gasteiger partial charge in [0.25, 0.3) is 15.9 Å². The van der Waals surface area contributed by atoms with Crippen LogP contribution in [0, 0.1) is 6.92 Å². The molecule has 0 spiro atoms. The van der Waals surface area contributed by atoms with Crippen LogP contribution in [0.2, 0.25) is 10.0 Å². The minimum absolute atomic E-state index is 0.0163. The van der Waals surface area contributed by atoms with E-state index in [9.17, 15) is 13.2 Å². The zero-order chi connectivity index (χ0) is 21.2. The maximum absolute atomic E-state index is 13.4. The number of benzene rings is 3. The minimum Gasteiger partial charge on any atom is -0.497 e. The van der Waals surface area contributed by atoms with Crippen LogP contribution in [0.3, 0.4) is 0 Å². The van der Waals surface area contributed by atoms with E-state index in [1.165, 1.54) is 49.6 Å². The first kappa shape index (κ1) is 21.2. The first-order valence-electron chi connectivity index (χ1n) is 8.49. The van der Waals surface area contributed by atoms with Gasteiger partial charge in [0, 0.05) is 5.02 Å². The number of anilines is 1. The molecule has 0 aliphatic carbocycles. The number of rotatable bonds is 5. The Kier molecular flexibility index (Phi) is 6.17. The van der Waals surface area contributed by atoms with Crippen molar-refractivity contribution in [2.75, 3.05) is 11.4 Å². The SMILES string of the molecule is COc1ccc(N(C(=O)c2ccc(Cl)cc2Cl)S(=O)(=O)c2ccc(C)cc2)cc1. The van der Waals surface area contributed by atoms with Crippen LogP contribution in [0.5, 0.6) is 5.75 Å². The summed E-state index contributed by atoms with van der Waals surface area (Å²) in [6.45, 7) is 1.84. The van der Waals surface area contributed by atoms with Crippen LogP contribution >= 0.6 is 23.2 Å². The summed E-state index contributed by atoms with van der Waals surface area (Å²) in [6.07, 6.45) is 0. The van der Waals surface area contributed by atoms with Crippen molar-refractivity contribution in [2.45, 2.75) is 11.8 Å². The average Bonchev–Trinajstić information content (AvgIpc) is 2.68. The number of ether oxygens (including phenoxy) is 1. The highest BCUT2D eigenvalue weighted by molar-refractivity contribution is 7.93. The standard InChI is InChI=1S/C21H17Cl2NO4S/c1-14-3-10-18(11-4-14)29(26,27)24(16-6-8-17(28-2)9-7-16)21(25)19-12-5-15(22)13-20(19)23/h3-13H,1-2H3. The molecule has 1 amide bonds. The minimum atomic E-state index is -4.21. The van der Waals surface area contributed by atoms with E-state index in [2.05, 4.69) is 0 Å². The molecule has 0 saturated carbocycles. The summed E-state index contributed by atoms with van der Waals surface area (Å²) in [7, 11) is -2.72. The molecule has 0 atom stereocenters. The highest BCUT2D eigenvalue weighted by Crippen LogP contribution is 2.30. The van der Waals surface area contributed by atoms with E-state index in [-0.39, 0.29) is 21.2 Å². The molecule has 8 heteroatoms. The third kappa shape index (κ3) is 4.40. The zero-order valence-corrected chi connectivity index (χ0v) is 17.9. The zero-order valence-electron chi connectivity index (χ0n) is 15.6. The molecule has 0 aliphatic heterocycles. The van der Waals surface area contributed by atoms with Crippen LogP contribution in [-0.4, -0.2) is 21.4 Å². The summed E-state index contributed by atoms with van der Waals surface area (Å²) in [5.74, 6) is -0.268. The molecule has 0 bridgehead atoms. The van der Waals surface area contributed by atoms with Crippen molar-refractivity contribution in [3.63, 3.8) is 0 Å². The number of nitrogens with zero attached hydrogens (tertiary/aromatic N) is 1. The lowest BCUT2D eigenvalue weighted by Crippen LogP contribution is -2.37. The van der Waals surface area contributed by atoms with E-state index in [0.717, 1.165) is 9.87 Å². The molecule has 0 unspecified atom stereocenters. The Morgan fingerprint density at radius 1 is 0.931 bits per heavy atom. The first-order chi connectivity index (χ1) is 13.7. The molecular weight excluding hydrogens is 433 g/mol. The van der Waals surface area contributed by atoms with Crippen LogP contribution in [0.25, 0.3) is 0 Å². The van der Waals surface area contributed by atoms with Gasteiger partial charge in [-0.1, -0.05) is 40.9 Å². The van der Waals surface area contributed by atoms with Crippen molar-refractivity contribution in [2.24, 2.45) is 0 Å². The van der Waals surface area contributed by atoms with Gasteiger partial charge in [0.15, 0.2) is 0 Å². The second-order valence-electron chi connectivity index (χ2n) is 6.21. The Balaban J connectivity index is 2.17. The molecule has 0 N–H and O–H groups in total. The summed E-state index contributed by atoms with van der Waals surface area (Å²) < 4.78 is 32.6. The second kappa shape index (κ2) is 8.45. The van der Waals surface area contributed by atoms with Crippen molar-refractivity contribution in [1.29, 1.82) is 0 Å². The molecule has 0 heterocycles. The molecule has 150 valence electrons. The number of sulfonamides is 1. The van der Waals surface area contributed by atoms with E-state index in [1.807, 2.05) is 6.92 Å². The number of amides is 1. The highest BCUT2D eigenvalue weighted by Gasteiger charge is 2.33. The molecule has 3 aromatic carbocycles. The van der Waals surface area contributed by atoms with Gasteiger partial charge in [-0.15, -0.1) is 0 Å². The van der Waals surface area contributed by atoms with Crippen LogP contribution in [-0.2, 0) is 10.0 Å². The van der Waals surface area contributed by atoms with Gasteiger partial charge < -0.3 is 4.74 Å². The maximum atomic E-state index is 13.4. The summed E-state index contributed by atoms with van der Waals surface area (Å²) in [5.41, 5.74) is 1.07. The van der Waals surface area contributed by atoms with Crippen molar-refractivity contribution in [3.8, 4) is 5.75 Å². The van der Waals surface area contributed by atoms with E-state index < -0.39 is 15.9 Å². The molecular formula is C21H17Cl2NO4S. The van der Waals surface area contributed by atoms with E-state index in [0.29, 0.717) is 10.8 Å². The van der Waals surface area contributed by atoms with Crippen LogP contribution in [0.1, 0.15) is 15.9 Å². The maximum Gasteiger partial charge on any atom is 0.273 e. The van der Waals surface area contributed by atoms with Crippen LogP contribution in [0.15, 0.2) is 71.6 Å². The number of hydrogen-bond donors (Lipinski definition) is 0. The largest absolute Gasteiger partial charge is 0.497 e. The van der Waals surface area contributed by atoms with Crippen molar-refractivity contribution in [1.82, 2.24) is 0 Å². The predicted octanol–water partition coefficient (Wildman–Crippen LogP) is 5.35. The quantitative estimate of drug-likeness (QED) is 0.526. The number of carbonyl (C=O) groups is 1. The van der Waals surface area contributed by atoms with Gasteiger partial charge >= 0.3 is 0 Å². The molecule has 5 nitrogen and oxygen atoms in total. The Bertz CT molecular complexity index is 1140. The first-order valence-corrected chi connectivity index (χ1v) is 10.7. The van der Waals surface area contributed by atoms with Crippen molar-refractivity contribution < 1.29 is 17.9 Å². The second-order valence-corrected chi connectivity index (χ2v) is 8.84. The third-order valence-corrected chi connectivity index (χ3v) is 6.49. The van der Waals surface area contributed by atoms with Crippen LogP contribution in [0.4, 0.5) is 5.69 Å². The fraction of sp³-hybridized carbons (Fsp3) is 0.0952. The molecule has 0 aromatic heterocycles. The summed E-state index contributed by atoms with van der Waals surface area (Å²) in [6, 6.07) is 16.6. The molecule has 0 saturated heterocycles. The molecule has 3 rings (SSSR count). The molecule has 29 heavy (non-hydrogen) atoms. The van der Waals surface area contributed by atoms with Gasteiger partial charge in [0.05, 0.1) is 28.3 Å². The Labute approximate surface area is 179 Å². The predicted molar refractivity (Wildman–Crippen MR) is 115 cm³/mol. The number of halogens is 2.